The van der Waals surface area contributed by atoms with Gasteiger partial charge in [-0.3, -0.25) is 10.1 Å². The van der Waals surface area contributed by atoms with Gasteiger partial charge in [-0.25, -0.2) is 0 Å². The first-order valence-corrected chi connectivity index (χ1v) is 9.62. The molecule has 0 saturated heterocycles. The number of aryl methyl sites for hydroxylation is 1. The summed E-state index contributed by atoms with van der Waals surface area (Å²) in [6, 6.07) is 20.9. The van der Waals surface area contributed by atoms with E-state index < -0.39 is 6.04 Å². The fourth-order valence-corrected chi connectivity index (χ4v) is 3.57. The predicted octanol–water partition coefficient (Wildman–Crippen LogP) is 4.63. The Bertz CT molecular complexity index is 925. The molecule has 0 fully saturated rings. The van der Waals surface area contributed by atoms with Crippen molar-refractivity contribution in [3.8, 4) is 6.07 Å². The number of benzene rings is 2. The standard InChI is InChI=1S/C22H21N3OS/c1-15-5-9-18(10-6-15)21(20-4-3-13-27-20)24-16(2)22(26)25-19-11-7-17(14-23)8-12-19/h3-13,16,21,24H,1-2H3,(H,25,26)/t16-,21-/m0/s1. The fourth-order valence-electron chi connectivity index (χ4n) is 2.76. The molecule has 27 heavy (non-hydrogen) atoms. The molecule has 1 aromatic heterocycles. The van der Waals surface area contributed by atoms with E-state index in [1.165, 1.54) is 5.56 Å². The van der Waals surface area contributed by atoms with E-state index in [-0.39, 0.29) is 11.9 Å². The van der Waals surface area contributed by atoms with Crippen LogP contribution in [0.4, 0.5) is 5.69 Å². The SMILES string of the molecule is Cc1ccc([C@H](N[C@@H](C)C(=O)Nc2ccc(C#N)cc2)c2cccs2)cc1. The number of thiophene rings is 1. The molecule has 0 unspecified atom stereocenters. The molecule has 3 rings (SSSR count). The van der Waals surface area contributed by atoms with E-state index in [1.54, 1.807) is 35.6 Å². The minimum absolute atomic E-state index is 0.0488. The number of hydrogen-bond donors (Lipinski definition) is 2. The van der Waals surface area contributed by atoms with E-state index in [2.05, 4.69) is 54.0 Å². The molecular weight excluding hydrogens is 354 g/mol. The highest BCUT2D eigenvalue weighted by Crippen LogP contribution is 2.27. The number of nitrogens with one attached hydrogen (secondary N) is 2. The normalized spacial score (nSPS) is 12.8. The lowest BCUT2D eigenvalue weighted by molar-refractivity contribution is -0.117. The summed E-state index contributed by atoms with van der Waals surface area (Å²) in [5, 5.41) is 17.2. The predicted molar refractivity (Wildman–Crippen MR) is 110 cm³/mol. The summed E-state index contributed by atoms with van der Waals surface area (Å²) in [5.74, 6) is -0.117. The number of anilines is 1. The summed E-state index contributed by atoms with van der Waals surface area (Å²) in [6.07, 6.45) is 0. The van der Waals surface area contributed by atoms with Gasteiger partial charge in [0.05, 0.1) is 23.7 Å². The molecule has 2 aromatic carbocycles. The van der Waals surface area contributed by atoms with Gasteiger partial charge in [-0.1, -0.05) is 35.9 Å². The molecule has 5 heteroatoms. The van der Waals surface area contributed by atoms with Gasteiger partial charge in [0.15, 0.2) is 0 Å². The highest BCUT2D eigenvalue weighted by atomic mass is 32.1. The maximum Gasteiger partial charge on any atom is 0.241 e. The van der Waals surface area contributed by atoms with E-state index in [0.717, 1.165) is 10.4 Å². The van der Waals surface area contributed by atoms with Crippen molar-refractivity contribution in [2.24, 2.45) is 0 Å². The van der Waals surface area contributed by atoms with Crippen molar-refractivity contribution >= 4 is 22.9 Å². The molecule has 0 aliphatic heterocycles. The zero-order valence-electron chi connectivity index (χ0n) is 15.3. The Morgan fingerprint density at radius 2 is 1.78 bits per heavy atom. The van der Waals surface area contributed by atoms with Gasteiger partial charge in [0, 0.05) is 10.6 Å². The molecule has 0 spiro atoms. The smallest absolute Gasteiger partial charge is 0.241 e. The number of nitrogens with zero attached hydrogens (tertiary/aromatic N) is 1. The maximum atomic E-state index is 12.6. The van der Waals surface area contributed by atoms with Crippen LogP contribution >= 0.6 is 11.3 Å². The van der Waals surface area contributed by atoms with E-state index in [4.69, 9.17) is 5.26 Å². The van der Waals surface area contributed by atoms with Gasteiger partial charge in [0.1, 0.15) is 0 Å². The minimum Gasteiger partial charge on any atom is -0.325 e. The number of rotatable bonds is 6. The topological polar surface area (TPSA) is 64.9 Å². The van der Waals surface area contributed by atoms with Crippen LogP contribution in [0.25, 0.3) is 0 Å². The first-order valence-electron chi connectivity index (χ1n) is 8.74. The third-order valence-corrected chi connectivity index (χ3v) is 5.27. The molecule has 4 nitrogen and oxygen atoms in total. The number of carbonyl (C=O) groups is 1. The van der Waals surface area contributed by atoms with Crippen molar-refractivity contribution in [3.05, 3.63) is 87.6 Å². The lowest BCUT2D eigenvalue weighted by Crippen LogP contribution is -2.40. The number of amides is 1. The lowest BCUT2D eigenvalue weighted by atomic mass is 10.0. The largest absolute Gasteiger partial charge is 0.325 e. The number of hydrogen-bond acceptors (Lipinski definition) is 4. The van der Waals surface area contributed by atoms with Crippen LogP contribution in [0.3, 0.4) is 0 Å². The molecule has 1 heterocycles. The molecule has 0 bridgehead atoms. The highest BCUT2D eigenvalue weighted by molar-refractivity contribution is 7.10. The molecule has 1 amide bonds. The Kier molecular flexibility index (Phi) is 6.02. The highest BCUT2D eigenvalue weighted by Gasteiger charge is 2.21. The van der Waals surface area contributed by atoms with Crippen LogP contribution in [0, 0.1) is 18.3 Å². The molecule has 0 aliphatic rings. The number of carbonyl (C=O) groups excluding carboxylic acids is 1. The molecule has 136 valence electrons. The summed E-state index contributed by atoms with van der Waals surface area (Å²) >= 11 is 1.67. The molecule has 0 saturated carbocycles. The van der Waals surface area contributed by atoms with Crippen LogP contribution in [-0.4, -0.2) is 11.9 Å². The summed E-state index contributed by atoms with van der Waals surface area (Å²) < 4.78 is 0. The Balaban J connectivity index is 1.73. The second-order valence-electron chi connectivity index (χ2n) is 6.43. The van der Waals surface area contributed by atoms with Crippen LogP contribution < -0.4 is 10.6 Å². The van der Waals surface area contributed by atoms with E-state index >= 15 is 0 Å². The van der Waals surface area contributed by atoms with Crippen LogP contribution in [-0.2, 0) is 4.79 Å². The van der Waals surface area contributed by atoms with Crippen LogP contribution in [0.1, 0.15) is 34.5 Å². The molecule has 0 radical (unpaired) electrons. The van der Waals surface area contributed by atoms with Crippen LogP contribution in [0.15, 0.2) is 66.0 Å². The van der Waals surface area contributed by atoms with Crippen LogP contribution in [0.5, 0.6) is 0 Å². The summed E-state index contributed by atoms with van der Waals surface area (Å²) in [7, 11) is 0. The summed E-state index contributed by atoms with van der Waals surface area (Å²) in [6.45, 7) is 3.92. The van der Waals surface area contributed by atoms with Gasteiger partial charge in [-0.15, -0.1) is 11.3 Å². The van der Waals surface area contributed by atoms with Crippen molar-refractivity contribution in [3.63, 3.8) is 0 Å². The molecule has 3 aromatic rings. The number of nitriles is 1. The second-order valence-corrected chi connectivity index (χ2v) is 7.41. The zero-order chi connectivity index (χ0) is 19.2. The van der Waals surface area contributed by atoms with Crippen molar-refractivity contribution < 1.29 is 4.79 Å². The quantitative estimate of drug-likeness (QED) is 0.660. The third-order valence-electron chi connectivity index (χ3n) is 4.33. The summed E-state index contributed by atoms with van der Waals surface area (Å²) in [4.78, 5) is 13.8. The molecule has 2 N–H and O–H groups in total. The third kappa shape index (κ3) is 4.82. The average molecular weight is 375 g/mol. The Morgan fingerprint density at radius 1 is 1.07 bits per heavy atom. The van der Waals surface area contributed by atoms with Gasteiger partial charge in [0.2, 0.25) is 5.91 Å². The first-order chi connectivity index (χ1) is 13.1. The Hall–Kier alpha value is -2.94. The van der Waals surface area contributed by atoms with Crippen molar-refractivity contribution in [2.45, 2.75) is 25.9 Å². The van der Waals surface area contributed by atoms with Crippen molar-refractivity contribution in [1.29, 1.82) is 5.26 Å². The zero-order valence-corrected chi connectivity index (χ0v) is 16.1. The monoisotopic (exact) mass is 375 g/mol. The summed E-state index contributed by atoms with van der Waals surface area (Å²) in [5.41, 5.74) is 3.57. The van der Waals surface area contributed by atoms with E-state index in [0.29, 0.717) is 11.3 Å². The fraction of sp³-hybridized carbons (Fsp3) is 0.182. The van der Waals surface area contributed by atoms with E-state index in [1.807, 2.05) is 18.4 Å². The Morgan fingerprint density at radius 3 is 2.37 bits per heavy atom. The van der Waals surface area contributed by atoms with E-state index in [9.17, 15) is 4.79 Å². The second kappa shape index (κ2) is 8.63. The molecule has 0 aliphatic carbocycles. The van der Waals surface area contributed by atoms with Gasteiger partial charge in [-0.2, -0.15) is 5.26 Å². The molecular formula is C22H21N3OS. The Labute approximate surface area is 163 Å². The van der Waals surface area contributed by atoms with Gasteiger partial charge in [0.25, 0.3) is 0 Å². The minimum atomic E-state index is -0.394. The van der Waals surface area contributed by atoms with Gasteiger partial charge < -0.3 is 5.32 Å². The van der Waals surface area contributed by atoms with Gasteiger partial charge >= 0.3 is 0 Å². The first kappa shape index (κ1) is 18.8. The molecule has 2 atom stereocenters. The average Bonchev–Trinajstić information content (AvgIpc) is 3.22. The lowest BCUT2D eigenvalue weighted by Gasteiger charge is -2.23. The van der Waals surface area contributed by atoms with Crippen LogP contribution in [0.2, 0.25) is 0 Å². The van der Waals surface area contributed by atoms with Gasteiger partial charge in [-0.05, 0) is 55.1 Å². The maximum absolute atomic E-state index is 12.6. The van der Waals surface area contributed by atoms with Crippen molar-refractivity contribution in [2.75, 3.05) is 5.32 Å². The van der Waals surface area contributed by atoms with Crippen molar-refractivity contribution in [1.82, 2.24) is 5.32 Å².